The molecule has 4 fully saturated rings. The molecule has 0 radical (unpaired) electrons. The first-order valence-corrected chi connectivity index (χ1v) is 8.82. The Kier molecular flexibility index (Phi) is 3.17. The maximum atomic E-state index is 13.4. The molecule has 0 unspecified atom stereocenters. The van der Waals surface area contributed by atoms with E-state index in [1.807, 2.05) is 12.1 Å². The highest BCUT2D eigenvalue weighted by molar-refractivity contribution is 5.69. The fourth-order valence-electron chi connectivity index (χ4n) is 6.35. The topological polar surface area (TPSA) is 37.3 Å². The minimum absolute atomic E-state index is 0.188. The fourth-order valence-corrected chi connectivity index (χ4v) is 6.35. The zero-order chi connectivity index (χ0) is 16.4. The Labute approximate surface area is 137 Å². The van der Waals surface area contributed by atoms with Crippen LogP contribution in [0.15, 0.2) is 24.3 Å². The van der Waals surface area contributed by atoms with Crippen molar-refractivity contribution < 1.29 is 14.3 Å². The number of benzene rings is 1. The van der Waals surface area contributed by atoms with E-state index < -0.39 is 5.97 Å². The van der Waals surface area contributed by atoms with Crippen LogP contribution in [0.25, 0.3) is 0 Å². The van der Waals surface area contributed by atoms with Crippen LogP contribution in [0.3, 0.4) is 0 Å². The zero-order valence-corrected chi connectivity index (χ0v) is 13.9. The second kappa shape index (κ2) is 4.81. The van der Waals surface area contributed by atoms with E-state index in [-0.39, 0.29) is 17.7 Å². The average molecular weight is 316 g/mol. The van der Waals surface area contributed by atoms with Gasteiger partial charge in [-0.3, -0.25) is 4.79 Å². The maximum Gasteiger partial charge on any atom is 0.304 e. The Morgan fingerprint density at radius 3 is 1.96 bits per heavy atom. The first-order valence-electron chi connectivity index (χ1n) is 8.82. The molecule has 1 aromatic carbocycles. The van der Waals surface area contributed by atoms with Gasteiger partial charge in [0.25, 0.3) is 0 Å². The third kappa shape index (κ3) is 2.01. The highest BCUT2D eigenvalue weighted by atomic mass is 19.1. The predicted octanol–water partition coefficient (Wildman–Crippen LogP) is 4.63. The van der Waals surface area contributed by atoms with E-state index in [9.17, 15) is 14.3 Å². The van der Waals surface area contributed by atoms with E-state index in [1.165, 1.54) is 12.1 Å². The second-order valence-electron chi connectivity index (χ2n) is 8.67. The molecule has 124 valence electrons. The molecular weight excluding hydrogens is 291 g/mol. The monoisotopic (exact) mass is 316 g/mol. The molecule has 0 aliphatic heterocycles. The first kappa shape index (κ1) is 15.2. The predicted molar refractivity (Wildman–Crippen MR) is 86.5 cm³/mol. The average Bonchev–Trinajstić information content (AvgIpc) is 2.45. The summed E-state index contributed by atoms with van der Waals surface area (Å²) >= 11 is 0. The molecule has 0 saturated heterocycles. The largest absolute Gasteiger partial charge is 0.481 e. The smallest absolute Gasteiger partial charge is 0.304 e. The number of aliphatic carboxylic acids is 1. The fraction of sp³-hybridized carbons (Fsp3) is 0.650. The highest BCUT2D eigenvalue weighted by Gasteiger charge is 2.63. The van der Waals surface area contributed by atoms with Gasteiger partial charge in [-0.05, 0) is 72.5 Å². The molecule has 5 rings (SSSR count). The van der Waals surface area contributed by atoms with Gasteiger partial charge in [-0.25, -0.2) is 4.39 Å². The van der Waals surface area contributed by atoms with Gasteiger partial charge in [0.2, 0.25) is 0 Å². The highest BCUT2D eigenvalue weighted by Crippen LogP contribution is 2.69. The summed E-state index contributed by atoms with van der Waals surface area (Å²) in [5, 5.41) is 9.61. The molecule has 0 spiro atoms. The van der Waals surface area contributed by atoms with Crippen molar-refractivity contribution in [1.29, 1.82) is 0 Å². The standard InChI is InChI=1S/C20H25FO2/c1-19(2)13-7-15-9-14(19)10-16(8-13)20(15,11-18(22)23)12-3-5-17(21)6-4-12/h3-6,13-16H,7-11H2,1-2H3,(H,22,23). The second-order valence-corrected chi connectivity index (χ2v) is 8.67. The van der Waals surface area contributed by atoms with Crippen molar-refractivity contribution in [3.8, 4) is 0 Å². The van der Waals surface area contributed by atoms with Crippen LogP contribution in [-0.2, 0) is 10.2 Å². The molecule has 1 aromatic rings. The lowest BCUT2D eigenvalue weighted by Crippen LogP contribution is -2.61. The lowest BCUT2D eigenvalue weighted by Gasteiger charge is -2.66. The molecule has 0 amide bonds. The van der Waals surface area contributed by atoms with Crippen molar-refractivity contribution >= 4 is 5.97 Å². The van der Waals surface area contributed by atoms with Crippen LogP contribution in [0, 0.1) is 34.9 Å². The van der Waals surface area contributed by atoms with Gasteiger partial charge in [0.1, 0.15) is 5.82 Å². The third-order valence-electron chi connectivity index (χ3n) is 7.66. The quantitative estimate of drug-likeness (QED) is 0.882. The van der Waals surface area contributed by atoms with Crippen LogP contribution in [0.1, 0.15) is 51.5 Å². The molecule has 4 saturated carbocycles. The molecule has 0 atom stereocenters. The number of hydrogen-bond donors (Lipinski definition) is 1. The van der Waals surface area contributed by atoms with Gasteiger partial charge in [0.15, 0.2) is 0 Å². The Balaban J connectivity index is 1.79. The molecule has 4 bridgehead atoms. The van der Waals surface area contributed by atoms with Crippen molar-refractivity contribution in [3.63, 3.8) is 0 Å². The van der Waals surface area contributed by atoms with Gasteiger partial charge in [0, 0.05) is 5.41 Å². The van der Waals surface area contributed by atoms with E-state index in [0.29, 0.717) is 29.1 Å². The lowest BCUT2D eigenvalue weighted by atomic mass is 9.37. The van der Waals surface area contributed by atoms with Crippen molar-refractivity contribution in [2.45, 2.75) is 51.4 Å². The third-order valence-corrected chi connectivity index (χ3v) is 7.66. The zero-order valence-electron chi connectivity index (χ0n) is 13.9. The summed E-state index contributed by atoms with van der Waals surface area (Å²) in [6.45, 7) is 4.80. The summed E-state index contributed by atoms with van der Waals surface area (Å²) in [4.78, 5) is 11.7. The van der Waals surface area contributed by atoms with Crippen molar-refractivity contribution in [2.75, 3.05) is 0 Å². The van der Waals surface area contributed by atoms with Crippen LogP contribution in [-0.4, -0.2) is 11.1 Å². The van der Waals surface area contributed by atoms with Crippen LogP contribution in [0.4, 0.5) is 4.39 Å². The van der Waals surface area contributed by atoms with E-state index >= 15 is 0 Å². The molecule has 1 N–H and O–H groups in total. The van der Waals surface area contributed by atoms with E-state index in [1.54, 1.807) is 0 Å². The van der Waals surface area contributed by atoms with Crippen molar-refractivity contribution in [1.82, 2.24) is 0 Å². The van der Waals surface area contributed by atoms with Gasteiger partial charge in [0.05, 0.1) is 6.42 Å². The van der Waals surface area contributed by atoms with E-state index in [4.69, 9.17) is 0 Å². The minimum Gasteiger partial charge on any atom is -0.481 e. The van der Waals surface area contributed by atoms with Crippen LogP contribution >= 0.6 is 0 Å². The molecule has 0 heterocycles. The van der Waals surface area contributed by atoms with Crippen molar-refractivity contribution in [2.24, 2.45) is 29.1 Å². The molecule has 2 nitrogen and oxygen atoms in total. The number of hydrogen-bond acceptors (Lipinski definition) is 1. The van der Waals surface area contributed by atoms with E-state index in [2.05, 4.69) is 13.8 Å². The molecular formula is C20H25FO2. The number of rotatable bonds is 3. The number of halogens is 1. The van der Waals surface area contributed by atoms with Gasteiger partial charge >= 0.3 is 5.97 Å². The van der Waals surface area contributed by atoms with Crippen molar-refractivity contribution in [3.05, 3.63) is 35.6 Å². The number of carboxylic acids is 1. The Hall–Kier alpha value is -1.38. The summed E-state index contributed by atoms with van der Waals surface area (Å²) in [5.74, 6) is 1.32. The minimum atomic E-state index is -0.721. The van der Waals surface area contributed by atoms with Crippen LogP contribution in [0.5, 0.6) is 0 Å². The van der Waals surface area contributed by atoms with Crippen LogP contribution < -0.4 is 0 Å². The van der Waals surface area contributed by atoms with E-state index in [0.717, 1.165) is 31.2 Å². The molecule has 23 heavy (non-hydrogen) atoms. The molecule has 4 aliphatic rings. The summed E-state index contributed by atoms with van der Waals surface area (Å²) in [5.41, 5.74) is 1.15. The van der Waals surface area contributed by atoms with Gasteiger partial charge < -0.3 is 5.11 Å². The molecule has 3 heteroatoms. The lowest BCUT2D eigenvalue weighted by molar-refractivity contribution is -0.158. The normalized spacial score (nSPS) is 40.3. The molecule has 0 aromatic heterocycles. The molecule has 4 aliphatic carbocycles. The van der Waals surface area contributed by atoms with Gasteiger partial charge in [-0.1, -0.05) is 26.0 Å². The number of carbonyl (C=O) groups is 1. The summed E-state index contributed by atoms with van der Waals surface area (Å²) in [7, 11) is 0. The number of carboxylic acid groups (broad SMARTS) is 1. The summed E-state index contributed by atoms with van der Waals surface area (Å²) in [6.07, 6.45) is 4.71. The SMILES string of the molecule is CC1(C)C2CC3CC1CC(C2)C3(CC(=O)O)c1ccc(F)cc1. The van der Waals surface area contributed by atoms with Crippen LogP contribution in [0.2, 0.25) is 0 Å². The van der Waals surface area contributed by atoms with Gasteiger partial charge in [-0.15, -0.1) is 0 Å². The Bertz CT molecular complexity index is 600. The Morgan fingerprint density at radius 2 is 1.52 bits per heavy atom. The first-order chi connectivity index (χ1) is 10.8. The Morgan fingerprint density at radius 1 is 1.04 bits per heavy atom. The summed E-state index contributed by atoms with van der Waals surface area (Å²) < 4.78 is 13.4. The summed E-state index contributed by atoms with van der Waals surface area (Å²) in [6, 6.07) is 6.67. The van der Waals surface area contributed by atoms with Gasteiger partial charge in [-0.2, -0.15) is 0 Å². The maximum absolute atomic E-state index is 13.4.